The Bertz CT molecular complexity index is 288. The van der Waals surface area contributed by atoms with Gasteiger partial charge in [-0.05, 0) is 0 Å². The fraction of sp³-hybridized carbons (Fsp3) is 0.500. The number of H-pyrrole nitrogens is 1. The molecule has 0 bridgehead atoms. The van der Waals surface area contributed by atoms with Gasteiger partial charge in [0.2, 0.25) is 0 Å². The van der Waals surface area contributed by atoms with Crippen molar-refractivity contribution in [1.29, 1.82) is 0 Å². The first kappa shape index (κ1) is 7.20. The fourth-order valence-corrected chi connectivity index (χ4v) is 1.15. The van der Waals surface area contributed by atoms with Crippen LogP contribution in [0.1, 0.15) is 5.82 Å². The van der Waals surface area contributed by atoms with Crippen LogP contribution in [0.15, 0.2) is 6.33 Å². The van der Waals surface area contributed by atoms with Crippen LogP contribution in [0.2, 0.25) is 0 Å². The molecule has 0 unspecified atom stereocenters. The molecule has 0 aliphatic rings. The van der Waals surface area contributed by atoms with E-state index >= 15 is 0 Å². The summed E-state index contributed by atoms with van der Waals surface area (Å²) < 4.78 is 21.2. The Morgan fingerprint density at radius 3 is 2.80 bits per heavy atom. The predicted octanol–water partition coefficient (Wildman–Crippen LogP) is -0.651. The van der Waals surface area contributed by atoms with E-state index in [1.165, 1.54) is 6.33 Å². The van der Waals surface area contributed by atoms with Gasteiger partial charge in [0.25, 0.3) is 0 Å². The molecular weight excluding hydrogens is 154 g/mol. The van der Waals surface area contributed by atoms with Gasteiger partial charge in [-0.2, -0.15) is 5.10 Å². The molecule has 0 atom stereocenters. The highest BCUT2D eigenvalue weighted by Gasteiger charge is 2.06. The number of nitrogens with zero attached hydrogens (tertiary/aromatic N) is 2. The molecule has 1 aromatic rings. The summed E-state index contributed by atoms with van der Waals surface area (Å²) in [6, 6.07) is 0. The molecule has 10 heavy (non-hydrogen) atoms. The number of nitrogens with one attached hydrogen (secondary N) is 1. The SMILES string of the molecule is CS(=O)(=O)Cc1nc[nH]n1. The third-order valence-electron chi connectivity index (χ3n) is 0.856. The van der Waals surface area contributed by atoms with Crippen LogP contribution in [0.4, 0.5) is 0 Å². The molecule has 1 aromatic heterocycles. The summed E-state index contributed by atoms with van der Waals surface area (Å²) in [7, 11) is -2.99. The molecule has 0 saturated heterocycles. The van der Waals surface area contributed by atoms with Gasteiger partial charge < -0.3 is 0 Å². The van der Waals surface area contributed by atoms with Gasteiger partial charge in [-0.15, -0.1) is 0 Å². The minimum absolute atomic E-state index is 0.101. The van der Waals surface area contributed by atoms with E-state index in [9.17, 15) is 8.42 Å². The quantitative estimate of drug-likeness (QED) is 0.625. The Balaban J connectivity index is 2.75. The molecule has 6 heteroatoms. The van der Waals surface area contributed by atoms with Crippen LogP contribution in [0.25, 0.3) is 0 Å². The molecule has 1 heterocycles. The molecule has 0 spiro atoms. The van der Waals surface area contributed by atoms with Crippen molar-refractivity contribution in [3.63, 3.8) is 0 Å². The predicted molar refractivity (Wildman–Crippen MR) is 34.9 cm³/mol. The number of sulfone groups is 1. The second-order valence-electron chi connectivity index (χ2n) is 1.99. The number of aromatic nitrogens is 3. The molecule has 0 aliphatic carbocycles. The molecular formula is C4H7N3O2S. The highest BCUT2D eigenvalue weighted by atomic mass is 32.2. The van der Waals surface area contributed by atoms with E-state index in [4.69, 9.17) is 0 Å². The zero-order chi connectivity index (χ0) is 7.61. The first-order valence-corrected chi connectivity index (χ1v) is 4.66. The van der Waals surface area contributed by atoms with Crippen LogP contribution in [-0.2, 0) is 15.6 Å². The van der Waals surface area contributed by atoms with Crippen LogP contribution < -0.4 is 0 Å². The van der Waals surface area contributed by atoms with Crippen molar-refractivity contribution in [3.05, 3.63) is 12.2 Å². The minimum atomic E-state index is -2.99. The second kappa shape index (κ2) is 2.37. The molecule has 1 rings (SSSR count). The second-order valence-corrected chi connectivity index (χ2v) is 4.13. The van der Waals surface area contributed by atoms with Crippen LogP contribution in [-0.4, -0.2) is 29.9 Å². The lowest BCUT2D eigenvalue weighted by molar-refractivity contribution is 0.599. The van der Waals surface area contributed by atoms with E-state index in [-0.39, 0.29) is 5.75 Å². The zero-order valence-electron chi connectivity index (χ0n) is 5.40. The normalized spacial score (nSPS) is 11.7. The number of hydrogen-bond acceptors (Lipinski definition) is 4. The first-order chi connectivity index (χ1) is 4.58. The van der Waals surface area contributed by atoms with Crippen molar-refractivity contribution in [2.24, 2.45) is 0 Å². The Kier molecular flexibility index (Phi) is 1.71. The van der Waals surface area contributed by atoms with Gasteiger partial charge >= 0.3 is 0 Å². The average molecular weight is 161 g/mol. The molecule has 0 saturated carbocycles. The largest absolute Gasteiger partial charge is 0.266 e. The smallest absolute Gasteiger partial charge is 0.165 e. The molecule has 0 aromatic carbocycles. The monoisotopic (exact) mass is 161 g/mol. The summed E-state index contributed by atoms with van der Waals surface area (Å²) in [6.07, 6.45) is 2.49. The van der Waals surface area contributed by atoms with Crippen molar-refractivity contribution in [2.75, 3.05) is 6.26 Å². The summed E-state index contributed by atoms with van der Waals surface area (Å²) in [5, 5.41) is 6.01. The zero-order valence-corrected chi connectivity index (χ0v) is 6.22. The van der Waals surface area contributed by atoms with Crippen LogP contribution in [0.3, 0.4) is 0 Å². The highest BCUT2D eigenvalue weighted by molar-refractivity contribution is 7.89. The molecule has 0 fully saturated rings. The topological polar surface area (TPSA) is 75.7 Å². The Morgan fingerprint density at radius 2 is 2.40 bits per heavy atom. The van der Waals surface area contributed by atoms with E-state index in [1.54, 1.807) is 0 Å². The maximum absolute atomic E-state index is 10.6. The standard InChI is InChI=1S/C4H7N3O2S/c1-10(8,9)2-4-5-3-6-7-4/h3H,2H2,1H3,(H,5,6,7). The lowest BCUT2D eigenvalue weighted by Gasteiger charge is -1.88. The molecule has 0 radical (unpaired) electrons. The van der Waals surface area contributed by atoms with Crippen LogP contribution in [0, 0.1) is 0 Å². The summed E-state index contributed by atoms with van der Waals surface area (Å²) >= 11 is 0. The Labute approximate surface area is 58.4 Å². The van der Waals surface area contributed by atoms with Crippen molar-refractivity contribution in [2.45, 2.75) is 5.75 Å². The van der Waals surface area contributed by atoms with Crippen molar-refractivity contribution in [3.8, 4) is 0 Å². The van der Waals surface area contributed by atoms with Crippen molar-refractivity contribution in [1.82, 2.24) is 15.2 Å². The summed E-state index contributed by atoms with van der Waals surface area (Å²) in [5.41, 5.74) is 0. The van der Waals surface area contributed by atoms with Gasteiger partial charge in [0.1, 0.15) is 12.1 Å². The number of aromatic amines is 1. The van der Waals surface area contributed by atoms with Crippen LogP contribution in [0.5, 0.6) is 0 Å². The van der Waals surface area contributed by atoms with Gasteiger partial charge in [-0.1, -0.05) is 0 Å². The highest BCUT2D eigenvalue weighted by Crippen LogP contribution is 1.93. The summed E-state index contributed by atoms with van der Waals surface area (Å²) in [4.78, 5) is 3.66. The van der Waals surface area contributed by atoms with Crippen molar-refractivity contribution >= 4 is 9.84 Å². The van der Waals surface area contributed by atoms with E-state index in [1.807, 2.05) is 0 Å². The summed E-state index contributed by atoms with van der Waals surface area (Å²) in [6.45, 7) is 0. The minimum Gasteiger partial charge on any atom is -0.266 e. The summed E-state index contributed by atoms with van der Waals surface area (Å²) in [5.74, 6) is 0.207. The Morgan fingerprint density at radius 1 is 1.70 bits per heavy atom. The van der Waals surface area contributed by atoms with E-state index in [0.29, 0.717) is 5.82 Å². The van der Waals surface area contributed by atoms with Gasteiger partial charge in [0, 0.05) is 6.26 Å². The molecule has 1 N–H and O–H groups in total. The average Bonchev–Trinajstić information content (AvgIpc) is 2.12. The van der Waals surface area contributed by atoms with E-state index in [2.05, 4.69) is 15.2 Å². The van der Waals surface area contributed by atoms with Gasteiger partial charge in [-0.3, -0.25) is 5.10 Å². The lowest BCUT2D eigenvalue weighted by Crippen LogP contribution is -2.02. The van der Waals surface area contributed by atoms with Crippen LogP contribution >= 0.6 is 0 Å². The maximum Gasteiger partial charge on any atom is 0.165 e. The van der Waals surface area contributed by atoms with Gasteiger partial charge in [0.05, 0.1) is 0 Å². The van der Waals surface area contributed by atoms with E-state index in [0.717, 1.165) is 6.26 Å². The molecule has 56 valence electrons. The third kappa shape index (κ3) is 2.14. The fourth-order valence-electron chi connectivity index (χ4n) is 0.540. The lowest BCUT2D eigenvalue weighted by atomic mass is 10.7. The molecule has 0 amide bonds. The number of hydrogen-bond donors (Lipinski definition) is 1. The first-order valence-electron chi connectivity index (χ1n) is 2.60. The number of rotatable bonds is 2. The van der Waals surface area contributed by atoms with Gasteiger partial charge in [-0.25, -0.2) is 13.4 Å². The Hall–Kier alpha value is -0.910. The maximum atomic E-state index is 10.6. The van der Waals surface area contributed by atoms with E-state index < -0.39 is 9.84 Å². The molecule has 5 nitrogen and oxygen atoms in total. The molecule has 0 aliphatic heterocycles. The van der Waals surface area contributed by atoms with Crippen molar-refractivity contribution < 1.29 is 8.42 Å². The third-order valence-corrected chi connectivity index (χ3v) is 1.64. The van der Waals surface area contributed by atoms with Gasteiger partial charge in [0.15, 0.2) is 15.7 Å².